The van der Waals surface area contributed by atoms with E-state index in [2.05, 4.69) is 52.8 Å². The highest BCUT2D eigenvalue weighted by molar-refractivity contribution is 5.69. The Hall–Kier alpha value is -2.70. The first-order valence-electron chi connectivity index (χ1n) is 12.4. The maximum absolute atomic E-state index is 9.81. The van der Waals surface area contributed by atoms with E-state index in [9.17, 15) is 5.11 Å². The molecular formula is C28H39N3O3. The highest BCUT2D eigenvalue weighted by Crippen LogP contribution is 2.35. The molecule has 2 aromatic heterocycles. The third-order valence-corrected chi connectivity index (χ3v) is 5.99. The zero-order chi connectivity index (χ0) is 24.8. The van der Waals surface area contributed by atoms with Crippen LogP contribution in [-0.2, 0) is 25.7 Å². The number of aryl methyl sites for hydroxylation is 4. The molecule has 6 heteroatoms. The van der Waals surface area contributed by atoms with E-state index in [1.807, 2.05) is 13.1 Å². The summed E-state index contributed by atoms with van der Waals surface area (Å²) in [6, 6.07) is 6.37. The first-order chi connectivity index (χ1) is 16.3. The van der Waals surface area contributed by atoms with Crippen LogP contribution < -0.4 is 10.5 Å². The van der Waals surface area contributed by atoms with E-state index in [1.54, 1.807) is 0 Å². The number of rotatable bonds is 11. The summed E-state index contributed by atoms with van der Waals surface area (Å²) in [5.74, 6) is 2.82. The van der Waals surface area contributed by atoms with Crippen molar-refractivity contribution in [1.82, 2.24) is 9.97 Å². The van der Waals surface area contributed by atoms with Crippen LogP contribution in [0.5, 0.6) is 5.75 Å². The van der Waals surface area contributed by atoms with Crippen molar-refractivity contribution in [2.75, 3.05) is 13.2 Å². The van der Waals surface area contributed by atoms with E-state index in [0.717, 1.165) is 70.8 Å². The minimum atomic E-state index is -0.679. The Morgan fingerprint density at radius 1 is 1.03 bits per heavy atom. The highest BCUT2D eigenvalue weighted by Gasteiger charge is 2.19. The molecule has 6 nitrogen and oxygen atoms in total. The standard InChI is InChI=1S/C28H39N3O3/c1-7-19-12-21(11-18(6)27(19)33-16-23(32)14-29)26-25(9-3)34-28(31-26)22-13-20(10-17(4)5)24(8-2)30-15-22/h11-13,15,17,23,32H,7-10,14,16,29H2,1-6H3. The van der Waals surface area contributed by atoms with Gasteiger partial charge in [-0.2, -0.15) is 0 Å². The molecule has 0 bridgehead atoms. The minimum Gasteiger partial charge on any atom is -0.490 e. The van der Waals surface area contributed by atoms with Gasteiger partial charge in [-0.15, -0.1) is 0 Å². The predicted octanol–water partition coefficient (Wildman–Crippen LogP) is 5.30. The molecule has 3 N–H and O–H groups in total. The van der Waals surface area contributed by atoms with Gasteiger partial charge in [0.15, 0.2) is 0 Å². The van der Waals surface area contributed by atoms with Gasteiger partial charge >= 0.3 is 0 Å². The Bertz CT molecular complexity index is 1100. The number of ether oxygens (including phenoxy) is 1. The van der Waals surface area contributed by atoms with Gasteiger partial charge in [0.1, 0.15) is 29.9 Å². The average Bonchev–Trinajstić information content (AvgIpc) is 3.26. The fourth-order valence-corrected chi connectivity index (χ4v) is 4.23. The molecule has 0 aliphatic rings. The summed E-state index contributed by atoms with van der Waals surface area (Å²) in [6.07, 6.45) is 4.63. The number of hydrogen-bond donors (Lipinski definition) is 2. The number of benzene rings is 1. The molecule has 3 rings (SSSR count). The molecule has 0 spiro atoms. The van der Waals surface area contributed by atoms with Gasteiger partial charge < -0.3 is 20.0 Å². The Kier molecular flexibility index (Phi) is 8.86. The molecule has 0 radical (unpaired) electrons. The number of aliphatic hydroxyl groups excluding tert-OH is 1. The first kappa shape index (κ1) is 25.9. The summed E-state index contributed by atoms with van der Waals surface area (Å²) in [7, 11) is 0. The number of aromatic nitrogens is 2. The fraction of sp³-hybridized carbons (Fsp3) is 0.500. The molecule has 0 saturated carbocycles. The van der Waals surface area contributed by atoms with Crippen LogP contribution in [0.4, 0.5) is 0 Å². The lowest BCUT2D eigenvalue weighted by Gasteiger charge is -2.17. The number of hydrogen-bond acceptors (Lipinski definition) is 6. The third-order valence-electron chi connectivity index (χ3n) is 5.99. The second-order valence-corrected chi connectivity index (χ2v) is 9.26. The monoisotopic (exact) mass is 465 g/mol. The van der Waals surface area contributed by atoms with Gasteiger partial charge in [-0.1, -0.05) is 34.6 Å². The second-order valence-electron chi connectivity index (χ2n) is 9.26. The van der Waals surface area contributed by atoms with Gasteiger partial charge in [0.05, 0.1) is 5.56 Å². The van der Waals surface area contributed by atoms with Crippen molar-refractivity contribution < 1.29 is 14.3 Å². The van der Waals surface area contributed by atoms with Crippen molar-refractivity contribution in [2.45, 2.75) is 73.3 Å². The number of aliphatic hydroxyl groups is 1. The van der Waals surface area contributed by atoms with Crippen molar-refractivity contribution in [3.63, 3.8) is 0 Å². The molecule has 0 aliphatic heterocycles. The molecule has 184 valence electrons. The maximum atomic E-state index is 9.81. The molecule has 2 heterocycles. The van der Waals surface area contributed by atoms with E-state index in [1.165, 1.54) is 5.56 Å². The van der Waals surface area contributed by atoms with E-state index in [0.29, 0.717) is 11.8 Å². The number of nitrogens with zero attached hydrogens (tertiary/aromatic N) is 2. The van der Waals surface area contributed by atoms with Crippen LogP contribution in [0.25, 0.3) is 22.7 Å². The van der Waals surface area contributed by atoms with Crippen molar-refractivity contribution in [3.8, 4) is 28.5 Å². The maximum Gasteiger partial charge on any atom is 0.228 e. The van der Waals surface area contributed by atoms with Crippen LogP contribution in [0, 0.1) is 12.8 Å². The molecule has 1 unspecified atom stereocenters. The molecule has 0 aliphatic carbocycles. The first-order valence-corrected chi connectivity index (χ1v) is 12.4. The third kappa shape index (κ3) is 5.86. The minimum absolute atomic E-state index is 0.174. The van der Waals surface area contributed by atoms with Crippen LogP contribution in [0.3, 0.4) is 0 Å². The largest absolute Gasteiger partial charge is 0.490 e. The zero-order valence-electron chi connectivity index (χ0n) is 21.4. The zero-order valence-corrected chi connectivity index (χ0v) is 21.4. The van der Waals surface area contributed by atoms with E-state index in [4.69, 9.17) is 24.9 Å². The molecule has 1 atom stereocenters. The summed E-state index contributed by atoms with van der Waals surface area (Å²) < 4.78 is 12.2. The Morgan fingerprint density at radius 2 is 1.76 bits per heavy atom. The molecule has 1 aromatic carbocycles. The lowest BCUT2D eigenvalue weighted by Crippen LogP contribution is -2.27. The summed E-state index contributed by atoms with van der Waals surface area (Å²) in [5.41, 5.74) is 12.8. The van der Waals surface area contributed by atoms with Crippen molar-refractivity contribution in [2.24, 2.45) is 11.7 Å². The summed E-state index contributed by atoms with van der Waals surface area (Å²) in [5, 5.41) is 9.81. The number of oxazole rings is 1. The molecule has 0 amide bonds. The summed E-state index contributed by atoms with van der Waals surface area (Å²) in [6.45, 7) is 13.1. The van der Waals surface area contributed by atoms with Crippen molar-refractivity contribution in [1.29, 1.82) is 0 Å². The average molecular weight is 466 g/mol. The summed E-state index contributed by atoms with van der Waals surface area (Å²) in [4.78, 5) is 9.64. The van der Waals surface area contributed by atoms with Crippen LogP contribution in [0.15, 0.2) is 28.8 Å². The van der Waals surface area contributed by atoms with Gasteiger partial charge in [-0.25, -0.2) is 4.98 Å². The Balaban J connectivity index is 2.01. The fourth-order valence-electron chi connectivity index (χ4n) is 4.23. The number of nitrogens with two attached hydrogens (primary N) is 1. The van der Waals surface area contributed by atoms with Gasteiger partial charge in [0.2, 0.25) is 5.89 Å². The lowest BCUT2D eigenvalue weighted by molar-refractivity contribution is 0.113. The SMILES string of the molecule is CCc1cc(-c2nc(-c3cnc(CC)c(CC(C)C)c3)oc2CC)cc(C)c1OCC(O)CN. The van der Waals surface area contributed by atoms with Crippen molar-refractivity contribution in [3.05, 3.63) is 52.5 Å². The van der Waals surface area contributed by atoms with Crippen LogP contribution in [0.1, 0.15) is 62.8 Å². The van der Waals surface area contributed by atoms with Crippen LogP contribution >= 0.6 is 0 Å². The van der Waals surface area contributed by atoms with E-state index >= 15 is 0 Å². The highest BCUT2D eigenvalue weighted by atomic mass is 16.5. The normalized spacial score (nSPS) is 12.4. The Morgan fingerprint density at radius 3 is 2.38 bits per heavy atom. The van der Waals surface area contributed by atoms with Gasteiger partial charge in [-0.3, -0.25) is 4.98 Å². The van der Waals surface area contributed by atoms with Crippen LogP contribution in [0.2, 0.25) is 0 Å². The smallest absolute Gasteiger partial charge is 0.228 e. The predicted molar refractivity (Wildman–Crippen MR) is 137 cm³/mol. The van der Waals surface area contributed by atoms with Gasteiger partial charge in [0.25, 0.3) is 0 Å². The van der Waals surface area contributed by atoms with Crippen molar-refractivity contribution >= 4 is 0 Å². The summed E-state index contributed by atoms with van der Waals surface area (Å²) >= 11 is 0. The molecular weight excluding hydrogens is 426 g/mol. The second kappa shape index (κ2) is 11.6. The van der Waals surface area contributed by atoms with Gasteiger partial charge in [0, 0.05) is 30.4 Å². The van der Waals surface area contributed by atoms with Gasteiger partial charge in [-0.05, 0) is 67.0 Å². The molecule has 0 saturated heterocycles. The molecule has 34 heavy (non-hydrogen) atoms. The van der Waals surface area contributed by atoms with E-state index in [-0.39, 0.29) is 13.2 Å². The van der Waals surface area contributed by atoms with E-state index < -0.39 is 6.10 Å². The lowest BCUT2D eigenvalue weighted by atomic mass is 9.99. The topological polar surface area (TPSA) is 94.4 Å². The number of pyridine rings is 1. The van der Waals surface area contributed by atoms with Crippen LogP contribution in [-0.4, -0.2) is 34.3 Å². The Labute approximate surface area is 203 Å². The molecule has 3 aromatic rings. The quantitative estimate of drug-likeness (QED) is 0.399. The molecule has 0 fully saturated rings.